The number of benzene rings is 1. The van der Waals surface area contributed by atoms with Crippen molar-refractivity contribution < 1.29 is 17.2 Å². The van der Waals surface area contributed by atoms with E-state index in [0.29, 0.717) is 17.0 Å². The number of nitrogens with one attached hydrogen (secondary N) is 2. The Morgan fingerprint density at radius 1 is 1.52 bits per heavy atom. The second kappa shape index (κ2) is 6.21. The van der Waals surface area contributed by atoms with Gasteiger partial charge in [0.2, 0.25) is 5.91 Å². The van der Waals surface area contributed by atoms with Crippen LogP contribution >= 0.6 is 0 Å². The number of anilines is 1. The molecule has 0 radical (unpaired) electrons. The molecule has 8 heteroatoms. The molecule has 1 fully saturated rings. The Morgan fingerprint density at radius 2 is 2.34 bits per heavy atom. The van der Waals surface area contributed by atoms with E-state index in [1.807, 2.05) is 31.2 Å². The van der Waals surface area contributed by atoms with E-state index in [1.54, 1.807) is 11.0 Å². The molecule has 2 aromatic rings. The van der Waals surface area contributed by atoms with Gasteiger partial charge < -0.3 is 20.3 Å². The minimum absolute atomic E-state index is 0. The Kier molecular flexibility index (Phi) is 3.74. The minimum Gasteiger partial charge on any atom is -0.489 e. The van der Waals surface area contributed by atoms with Crippen molar-refractivity contribution in [2.24, 2.45) is 0 Å². The molecule has 0 unspecified atom stereocenters. The Balaban J connectivity index is 0.00000136. The summed E-state index contributed by atoms with van der Waals surface area (Å²) in [7, 11) is 0. The molecule has 0 saturated heterocycles. The monoisotopic (exact) mass is 393 g/mol. The maximum absolute atomic E-state index is 12.8. The van der Waals surface area contributed by atoms with Crippen LogP contribution in [0.4, 0.5) is 10.5 Å². The molecule has 1 atom stereocenters. The fraction of sp³-hybridized carbons (Fsp3) is 0.333. The highest BCUT2D eigenvalue weighted by Crippen LogP contribution is 2.56. The number of pyridine rings is 1. The molecule has 3 heterocycles. The van der Waals surface area contributed by atoms with E-state index in [2.05, 4.69) is 15.6 Å². The summed E-state index contributed by atoms with van der Waals surface area (Å²) >= 11 is 0. The van der Waals surface area contributed by atoms with Crippen molar-refractivity contribution in [1.82, 2.24) is 15.2 Å². The van der Waals surface area contributed by atoms with E-state index in [9.17, 15) is 9.59 Å². The van der Waals surface area contributed by atoms with Crippen molar-refractivity contribution in [3.8, 4) is 11.8 Å². The van der Waals surface area contributed by atoms with Crippen LogP contribution in [-0.2, 0) is 10.3 Å². The molecule has 1 aromatic heterocycles. The zero-order chi connectivity index (χ0) is 20.2. The molecule has 150 valence electrons. The second-order valence-corrected chi connectivity index (χ2v) is 7.70. The lowest BCUT2D eigenvalue weighted by Gasteiger charge is -2.38. The summed E-state index contributed by atoms with van der Waals surface area (Å²) in [5.41, 5.74) is 3.66. The van der Waals surface area contributed by atoms with Crippen LogP contribution in [0.3, 0.4) is 0 Å². The third-order valence-electron chi connectivity index (χ3n) is 5.85. The average Bonchev–Trinajstić information content (AvgIpc) is 3.39. The van der Waals surface area contributed by atoms with E-state index in [4.69, 9.17) is 10.00 Å². The molecule has 1 aromatic carbocycles. The summed E-state index contributed by atoms with van der Waals surface area (Å²) in [5.74, 6) is 0.240. The summed E-state index contributed by atoms with van der Waals surface area (Å²) < 4.78 is 5.56. The zero-order valence-corrected chi connectivity index (χ0v) is 15.9. The van der Waals surface area contributed by atoms with Gasteiger partial charge >= 0.3 is 6.03 Å². The smallest absolute Gasteiger partial charge is 0.323 e. The number of nitrogens with zero attached hydrogens (tertiary/aromatic N) is 3. The van der Waals surface area contributed by atoms with Crippen molar-refractivity contribution in [3.63, 3.8) is 0 Å². The Morgan fingerprint density at radius 3 is 3.10 bits per heavy atom. The minimum atomic E-state index is -0.401. The largest absolute Gasteiger partial charge is 0.489 e. The highest BCUT2D eigenvalue weighted by molar-refractivity contribution is 5.97. The number of hydrogen-bond donors (Lipinski definition) is 2. The van der Waals surface area contributed by atoms with Crippen LogP contribution in [0.2, 0.25) is 0 Å². The van der Waals surface area contributed by atoms with Gasteiger partial charge in [-0.3, -0.25) is 9.78 Å². The number of carbonyl (C=O) groups excluding carboxylic acids is 2. The van der Waals surface area contributed by atoms with Gasteiger partial charge in [-0.2, -0.15) is 5.26 Å². The van der Waals surface area contributed by atoms with E-state index in [1.165, 1.54) is 6.20 Å². The zero-order valence-electron chi connectivity index (χ0n) is 15.9. The summed E-state index contributed by atoms with van der Waals surface area (Å²) in [6.07, 6.45) is 3.16. The lowest BCUT2D eigenvalue weighted by atomic mass is 9.93. The van der Waals surface area contributed by atoms with E-state index < -0.39 is 11.6 Å². The predicted octanol–water partition coefficient (Wildman–Crippen LogP) is 2.84. The maximum Gasteiger partial charge on any atom is 0.323 e. The molecular weight excluding hydrogens is 370 g/mol. The normalized spacial score (nSPS) is 20.2. The van der Waals surface area contributed by atoms with Crippen LogP contribution < -0.4 is 15.4 Å². The molecule has 8 nitrogen and oxygen atoms in total. The standard InChI is InChI=1S/C21H19N5O3.2H2/c1-12-3-2-4-14-18(12)21(5-6-21)26(20(28)25-14)10-17(27)24-15-11-29-16-7-13(8-22)9-23-19(15)16;;/h2-4,7,9,15H,5-6,10-11H2,1H3,(H,24,27)(H,25,28);2*1H/t15-;;/m0../s1. The Labute approximate surface area is 170 Å². The number of carbonyl (C=O) groups is 2. The molecule has 2 aliphatic heterocycles. The summed E-state index contributed by atoms with van der Waals surface area (Å²) in [5, 5.41) is 14.8. The number of urea groups is 1. The topological polar surface area (TPSA) is 107 Å². The van der Waals surface area contributed by atoms with Gasteiger partial charge in [0.25, 0.3) is 0 Å². The number of amides is 3. The van der Waals surface area contributed by atoms with E-state index in [-0.39, 0.29) is 27.9 Å². The van der Waals surface area contributed by atoms with Gasteiger partial charge in [-0.05, 0) is 31.4 Å². The Bertz CT molecular complexity index is 1100. The van der Waals surface area contributed by atoms with Crippen molar-refractivity contribution in [3.05, 3.63) is 52.8 Å². The SMILES string of the molecule is Cc1cccc2c1C1(CC1)N(CC(=O)N[C@H]1COc3cc(C#N)cnc31)C(=O)N2.[HH].[HH]. The molecular formula is C21H23N5O3. The molecule has 3 amide bonds. The molecule has 1 aliphatic carbocycles. The summed E-state index contributed by atoms with van der Waals surface area (Å²) in [6, 6.07) is 8.85. The fourth-order valence-electron chi connectivity index (χ4n) is 4.40. The Hall–Kier alpha value is -3.60. The molecule has 1 saturated carbocycles. The van der Waals surface area contributed by atoms with Crippen molar-refractivity contribution in [2.75, 3.05) is 18.5 Å². The van der Waals surface area contributed by atoms with Crippen LogP contribution in [0.15, 0.2) is 30.5 Å². The van der Waals surface area contributed by atoms with E-state index >= 15 is 0 Å². The number of nitriles is 1. The van der Waals surface area contributed by atoms with E-state index in [0.717, 1.165) is 29.7 Å². The quantitative estimate of drug-likeness (QED) is 0.834. The predicted molar refractivity (Wildman–Crippen MR) is 107 cm³/mol. The van der Waals surface area contributed by atoms with Crippen LogP contribution in [0.25, 0.3) is 0 Å². The summed E-state index contributed by atoms with van der Waals surface area (Å²) in [4.78, 5) is 31.4. The van der Waals surface area contributed by atoms with Crippen molar-refractivity contribution >= 4 is 17.6 Å². The van der Waals surface area contributed by atoms with Gasteiger partial charge in [-0.1, -0.05) is 12.1 Å². The van der Waals surface area contributed by atoms with Crippen LogP contribution in [0.1, 0.15) is 44.1 Å². The van der Waals surface area contributed by atoms with Gasteiger partial charge in [-0.25, -0.2) is 4.79 Å². The van der Waals surface area contributed by atoms with Gasteiger partial charge in [0.05, 0.1) is 11.1 Å². The highest BCUT2D eigenvalue weighted by Gasteiger charge is 2.56. The third-order valence-corrected chi connectivity index (χ3v) is 5.85. The molecule has 5 rings (SSSR count). The van der Waals surface area contributed by atoms with Crippen LogP contribution in [0.5, 0.6) is 5.75 Å². The number of rotatable bonds is 3. The van der Waals surface area contributed by atoms with Gasteiger partial charge in [0.1, 0.15) is 36.7 Å². The van der Waals surface area contributed by atoms with Gasteiger partial charge in [0.15, 0.2) is 0 Å². The van der Waals surface area contributed by atoms with Gasteiger partial charge in [0, 0.05) is 26.4 Å². The lowest BCUT2D eigenvalue weighted by molar-refractivity contribution is -0.123. The lowest BCUT2D eigenvalue weighted by Crippen LogP contribution is -2.52. The first-order valence-corrected chi connectivity index (χ1v) is 9.53. The average molecular weight is 393 g/mol. The first-order valence-electron chi connectivity index (χ1n) is 9.53. The van der Waals surface area contributed by atoms with Gasteiger partial charge in [-0.15, -0.1) is 0 Å². The number of aryl methyl sites for hydroxylation is 1. The molecule has 2 N–H and O–H groups in total. The molecule has 29 heavy (non-hydrogen) atoms. The first-order chi connectivity index (χ1) is 14.0. The molecule has 0 bridgehead atoms. The van der Waals surface area contributed by atoms with Crippen LogP contribution in [0, 0.1) is 18.3 Å². The number of aromatic nitrogens is 1. The summed E-state index contributed by atoms with van der Waals surface area (Å²) in [6.45, 7) is 2.24. The number of hydrogen-bond acceptors (Lipinski definition) is 5. The first kappa shape index (κ1) is 17.5. The van der Waals surface area contributed by atoms with Crippen LogP contribution in [-0.4, -0.2) is 35.0 Å². The third kappa shape index (κ3) is 2.70. The fourth-order valence-corrected chi connectivity index (χ4v) is 4.40. The number of ether oxygens (including phenoxy) is 1. The highest BCUT2D eigenvalue weighted by atomic mass is 16.5. The molecule has 1 spiro atoms. The second-order valence-electron chi connectivity index (χ2n) is 7.70. The van der Waals surface area contributed by atoms with Crippen molar-refractivity contribution in [2.45, 2.75) is 31.3 Å². The number of fused-ring (bicyclic) bond motifs is 3. The maximum atomic E-state index is 12.8. The molecule has 3 aliphatic rings. The van der Waals surface area contributed by atoms with Crippen molar-refractivity contribution in [1.29, 1.82) is 5.26 Å².